The van der Waals surface area contributed by atoms with Crippen LogP contribution in [0.25, 0.3) is 0 Å². The standard InChI is InChI=1S/C22H31N5O2/c1-5-23-21(28)25-19-12-13-20(26(3)4)18(14-19)16-27(22(29)24-6-2)15-17-10-8-7-9-11-17/h7-14H,5-6,15-16H2,1-4H3,(H,24,29)(H2,23,25,28). The van der Waals surface area contributed by atoms with E-state index in [2.05, 4.69) is 16.0 Å². The van der Waals surface area contributed by atoms with E-state index in [4.69, 9.17) is 0 Å². The van der Waals surface area contributed by atoms with Gasteiger partial charge in [-0.3, -0.25) is 0 Å². The van der Waals surface area contributed by atoms with Crippen molar-refractivity contribution in [3.05, 3.63) is 59.7 Å². The number of urea groups is 2. The highest BCUT2D eigenvalue weighted by molar-refractivity contribution is 5.89. The summed E-state index contributed by atoms with van der Waals surface area (Å²) in [6.45, 7) is 5.79. The lowest BCUT2D eigenvalue weighted by atomic mass is 10.1. The zero-order valence-electron chi connectivity index (χ0n) is 17.7. The molecule has 0 fully saturated rings. The van der Waals surface area contributed by atoms with E-state index in [1.807, 2.05) is 81.4 Å². The molecule has 29 heavy (non-hydrogen) atoms. The lowest BCUT2D eigenvalue weighted by Crippen LogP contribution is -2.39. The molecule has 2 aromatic rings. The minimum absolute atomic E-state index is 0.122. The SMILES string of the molecule is CCNC(=O)Nc1ccc(N(C)C)c(CN(Cc2ccccc2)C(=O)NCC)c1. The van der Waals surface area contributed by atoms with Crippen LogP contribution in [0.2, 0.25) is 0 Å². The molecule has 0 bridgehead atoms. The summed E-state index contributed by atoms with van der Waals surface area (Å²) in [6, 6.07) is 15.3. The van der Waals surface area contributed by atoms with Crippen molar-refractivity contribution in [1.82, 2.24) is 15.5 Å². The lowest BCUT2D eigenvalue weighted by molar-refractivity contribution is 0.193. The largest absolute Gasteiger partial charge is 0.377 e. The van der Waals surface area contributed by atoms with Crippen LogP contribution in [0.15, 0.2) is 48.5 Å². The molecule has 0 saturated heterocycles. The minimum Gasteiger partial charge on any atom is -0.377 e. The Kier molecular flexibility index (Phi) is 8.33. The zero-order chi connectivity index (χ0) is 21.2. The molecule has 0 atom stereocenters. The summed E-state index contributed by atoms with van der Waals surface area (Å²) in [5.41, 5.74) is 3.69. The molecule has 7 heteroatoms. The maximum Gasteiger partial charge on any atom is 0.319 e. The van der Waals surface area contributed by atoms with Gasteiger partial charge in [-0.1, -0.05) is 30.3 Å². The number of amides is 4. The van der Waals surface area contributed by atoms with Crippen LogP contribution in [0.1, 0.15) is 25.0 Å². The molecular formula is C22H31N5O2. The van der Waals surface area contributed by atoms with E-state index in [1.165, 1.54) is 0 Å². The summed E-state index contributed by atoms with van der Waals surface area (Å²) < 4.78 is 0. The van der Waals surface area contributed by atoms with Crippen molar-refractivity contribution in [3.63, 3.8) is 0 Å². The van der Waals surface area contributed by atoms with Crippen LogP contribution in [0, 0.1) is 0 Å². The first-order valence-electron chi connectivity index (χ1n) is 9.86. The fourth-order valence-corrected chi connectivity index (χ4v) is 3.03. The van der Waals surface area contributed by atoms with Crippen LogP contribution in [0.5, 0.6) is 0 Å². The second-order valence-electron chi connectivity index (χ2n) is 6.90. The van der Waals surface area contributed by atoms with E-state index < -0.39 is 0 Å². The number of carbonyl (C=O) groups is 2. The lowest BCUT2D eigenvalue weighted by Gasteiger charge is -2.26. The predicted molar refractivity (Wildman–Crippen MR) is 118 cm³/mol. The van der Waals surface area contributed by atoms with Gasteiger partial charge in [-0.15, -0.1) is 0 Å². The minimum atomic E-state index is -0.249. The number of benzene rings is 2. The van der Waals surface area contributed by atoms with Crippen molar-refractivity contribution < 1.29 is 9.59 Å². The molecule has 0 unspecified atom stereocenters. The Balaban J connectivity index is 2.30. The smallest absolute Gasteiger partial charge is 0.319 e. The summed E-state index contributed by atoms with van der Waals surface area (Å²) in [4.78, 5) is 28.4. The van der Waals surface area contributed by atoms with E-state index >= 15 is 0 Å². The Bertz CT molecular complexity index is 808. The fourth-order valence-electron chi connectivity index (χ4n) is 3.03. The van der Waals surface area contributed by atoms with Crippen LogP contribution in [0.3, 0.4) is 0 Å². The van der Waals surface area contributed by atoms with Crippen molar-refractivity contribution in [2.24, 2.45) is 0 Å². The van der Waals surface area contributed by atoms with Gasteiger partial charge in [0.05, 0.1) is 0 Å². The number of hydrogen-bond donors (Lipinski definition) is 3. The van der Waals surface area contributed by atoms with Gasteiger partial charge in [0.1, 0.15) is 0 Å². The molecule has 7 nitrogen and oxygen atoms in total. The van der Waals surface area contributed by atoms with Gasteiger partial charge in [0.15, 0.2) is 0 Å². The number of carbonyl (C=O) groups excluding carboxylic acids is 2. The van der Waals surface area contributed by atoms with E-state index in [0.717, 1.165) is 16.8 Å². The van der Waals surface area contributed by atoms with E-state index in [9.17, 15) is 9.59 Å². The molecule has 3 N–H and O–H groups in total. The third-order valence-corrected chi connectivity index (χ3v) is 4.35. The molecule has 0 heterocycles. The first-order valence-corrected chi connectivity index (χ1v) is 9.86. The Morgan fingerprint density at radius 1 is 0.897 bits per heavy atom. The molecule has 0 spiro atoms. The maximum atomic E-state index is 12.7. The van der Waals surface area contributed by atoms with Crippen LogP contribution in [-0.2, 0) is 13.1 Å². The van der Waals surface area contributed by atoms with Crippen LogP contribution in [0.4, 0.5) is 21.0 Å². The molecule has 2 rings (SSSR count). The normalized spacial score (nSPS) is 10.2. The van der Waals surface area contributed by atoms with Gasteiger partial charge < -0.3 is 25.8 Å². The summed E-state index contributed by atoms with van der Waals surface area (Å²) in [5, 5.41) is 8.46. The van der Waals surface area contributed by atoms with Gasteiger partial charge in [0.2, 0.25) is 0 Å². The van der Waals surface area contributed by atoms with Gasteiger partial charge in [0.25, 0.3) is 0 Å². The fraction of sp³-hybridized carbons (Fsp3) is 0.364. The second kappa shape index (κ2) is 10.9. The van der Waals surface area contributed by atoms with Gasteiger partial charge in [-0.05, 0) is 43.2 Å². The third-order valence-electron chi connectivity index (χ3n) is 4.35. The van der Waals surface area contributed by atoms with Gasteiger partial charge in [-0.25, -0.2) is 9.59 Å². The molecule has 4 amide bonds. The number of nitrogens with one attached hydrogen (secondary N) is 3. The van der Waals surface area contributed by atoms with Crippen LogP contribution < -0.4 is 20.9 Å². The maximum absolute atomic E-state index is 12.7. The molecule has 0 aliphatic rings. The van der Waals surface area contributed by atoms with Crippen molar-refractivity contribution in [1.29, 1.82) is 0 Å². The quantitative estimate of drug-likeness (QED) is 0.637. The highest BCUT2D eigenvalue weighted by atomic mass is 16.2. The van der Waals surface area contributed by atoms with Gasteiger partial charge >= 0.3 is 12.1 Å². The number of nitrogens with zero attached hydrogens (tertiary/aromatic N) is 2. The van der Waals surface area contributed by atoms with E-state index in [-0.39, 0.29) is 12.1 Å². The van der Waals surface area contributed by atoms with Crippen molar-refractivity contribution in [3.8, 4) is 0 Å². The van der Waals surface area contributed by atoms with Crippen molar-refractivity contribution in [2.45, 2.75) is 26.9 Å². The zero-order valence-corrected chi connectivity index (χ0v) is 17.7. The molecule has 0 aliphatic carbocycles. The second-order valence-corrected chi connectivity index (χ2v) is 6.90. The highest BCUT2D eigenvalue weighted by Crippen LogP contribution is 2.25. The Labute approximate surface area is 173 Å². The van der Waals surface area contributed by atoms with Gasteiger partial charge in [0, 0.05) is 51.6 Å². The average molecular weight is 398 g/mol. The molecular weight excluding hydrogens is 366 g/mol. The van der Waals surface area contributed by atoms with Crippen LogP contribution >= 0.6 is 0 Å². The Hall–Kier alpha value is -3.22. The molecule has 0 radical (unpaired) electrons. The van der Waals surface area contributed by atoms with Crippen LogP contribution in [-0.4, -0.2) is 44.1 Å². The predicted octanol–water partition coefficient (Wildman–Crippen LogP) is 3.63. The van der Waals surface area contributed by atoms with Gasteiger partial charge in [-0.2, -0.15) is 0 Å². The summed E-state index contributed by atoms with van der Waals surface area (Å²) in [5.74, 6) is 0. The van der Waals surface area contributed by atoms with E-state index in [0.29, 0.717) is 31.9 Å². The number of hydrogen-bond acceptors (Lipinski definition) is 3. The summed E-state index contributed by atoms with van der Waals surface area (Å²) >= 11 is 0. The molecule has 0 aliphatic heterocycles. The topological polar surface area (TPSA) is 76.7 Å². The average Bonchev–Trinajstić information content (AvgIpc) is 2.68. The molecule has 156 valence electrons. The highest BCUT2D eigenvalue weighted by Gasteiger charge is 2.17. The third kappa shape index (κ3) is 6.71. The molecule has 0 aromatic heterocycles. The van der Waals surface area contributed by atoms with Crippen molar-refractivity contribution in [2.75, 3.05) is 37.4 Å². The van der Waals surface area contributed by atoms with Crippen molar-refractivity contribution >= 4 is 23.4 Å². The number of rotatable bonds is 8. The Morgan fingerprint density at radius 2 is 1.59 bits per heavy atom. The summed E-state index contributed by atoms with van der Waals surface area (Å²) in [6.07, 6.45) is 0. The molecule has 0 saturated carbocycles. The first-order chi connectivity index (χ1) is 13.9. The Morgan fingerprint density at radius 3 is 2.21 bits per heavy atom. The van der Waals surface area contributed by atoms with E-state index in [1.54, 1.807) is 4.90 Å². The first kappa shape index (κ1) is 22.1. The molecule has 2 aromatic carbocycles. The number of anilines is 2. The monoisotopic (exact) mass is 397 g/mol. The summed E-state index contributed by atoms with van der Waals surface area (Å²) in [7, 11) is 3.92.